The number of carboxylic acid groups (broad SMARTS) is 1. The summed E-state index contributed by atoms with van der Waals surface area (Å²) >= 11 is 0. The number of benzene rings is 1. The van der Waals surface area contributed by atoms with Crippen LogP contribution in [0.1, 0.15) is 13.8 Å². The van der Waals surface area contributed by atoms with Gasteiger partial charge in [-0.1, -0.05) is 13.8 Å². The molecule has 0 heterocycles. The molecule has 0 aromatic heterocycles. The Kier molecular flexibility index (Phi) is 4.19. The number of nitro groups is 1. The van der Waals surface area contributed by atoms with Crippen LogP contribution >= 0.6 is 0 Å². The highest BCUT2D eigenvalue weighted by atomic mass is 19.1. The number of aliphatic carboxylic acids is 1. The van der Waals surface area contributed by atoms with Crippen LogP contribution in [0.3, 0.4) is 0 Å². The molecule has 0 saturated heterocycles. The van der Waals surface area contributed by atoms with E-state index < -0.39 is 28.4 Å². The van der Waals surface area contributed by atoms with Gasteiger partial charge in [0.2, 0.25) is 0 Å². The number of hydrogen-bond acceptors (Lipinski definition) is 4. The van der Waals surface area contributed by atoms with Crippen molar-refractivity contribution in [2.45, 2.75) is 19.9 Å². The molecule has 0 aliphatic rings. The SMILES string of the molecule is CC(C)C(Nc1cc(F)cc([N+](=O)[O-])c1)C(=O)O. The minimum Gasteiger partial charge on any atom is -0.480 e. The second-order valence-electron chi connectivity index (χ2n) is 4.16. The monoisotopic (exact) mass is 256 g/mol. The average molecular weight is 256 g/mol. The fourth-order valence-corrected chi connectivity index (χ4v) is 1.46. The van der Waals surface area contributed by atoms with E-state index >= 15 is 0 Å². The molecule has 18 heavy (non-hydrogen) atoms. The Morgan fingerprint density at radius 3 is 2.50 bits per heavy atom. The van der Waals surface area contributed by atoms with Gasteiger partial charge in [0.05, 0.1) is 11.0 Å². The minimum absolute atomic E-state index is 0.0720. The molecule has 0 bridgehead atoms. The topological polar surface area (TPSA) is 92.5 Å². The molecule has 0 amide bonds. The van der Waals surface area contributed by atoms with E-state index in [9.17, 15) is 19.3 Å². The van der Waals surface area contributed by atoms with Crippen LogP contribution in [0.25, 0.3) is 0 Å². The molecule has 6 nitrogen and oxygen atoms in total. The van der Waals surface area contributed by atoms with Gasteiger partial charge < -0.3 is 10.4 Å². The Morgan fingerprint density at radius 1 is 1.44 bits per heavy atom. The summed E-state index contributed by atoms with van der Waals surface area (Å²) in [5.41, 5.74) is -0.354. The van der Waals surface area contributed by atoms with Crippen LogP contribution in [-0.2, 0) is 4.79 Å². The van der Waals surface area contributed by atoms with Gasteiger partial charge in [0.15, 0.2) is 0 Å². The molecule has 1 rings (SSSR count). The van der Waals surface area contributed by atoms with Gasteiger partial charge in [-0.2, -0.15) is 0 Å². The van der Waals surface area contributed by atoms with Crippen molar-refractivity contribution in [3.8, 4) is 0 Å². The standard InChI is InChI=1S/C11H13FN2O4/c1-6(2)10(11(15)16)13-8-3-7(12)4-9(5-8)14(17)18/h3-6,10,13H,1-2H3,(H,15,16). The molecular weight excluding hydrogens is 243 g/mol. The van der Waals surface area contributed by atoms with Gasteiger partial charge in [-0.3, -0.25) is 10.1 Å². The lowest BCUT2D eigenvalue weighted by atomic mass is 10.0. The normalized spacial score (nSPS) is 12.2. The fraction of sp³-hybridized carbons (Fsp3) is 0.364. The number of nitro benzene ring substituents is 1. The quantitative estimate of drug-likeness (QED) is 0.622. The number of carbonyl (C=O) groups is 1. The van der Waals surface area contributed by atoms with Crippen molar-refractivity contribution in [3.05, 3.63) is 34.1 Å². The molecule has 0 radical (unpaired) electrons. The number of nitrogens with zero attached hydrogens (tertiary/aromatic N) is 1. The number of non-ortho nitro benzene ring substituents is 1. The first-order valence-electron chi connectivity index (χ1n) is 5.25. The molecule has 98 valence electrons. The maximum atomic E-state index is 13.1. The molecule has 0 fully saturated rings. The summed E-state index contributed by atoms with van der Waals surface area (Å²) in [6, 6.07) is 1.95. The Balaban J connectivity index is 3.03. The van der Waals surface area contributed by atoms with Crippen LogP contribution in [0.5, 0.6) is 0 Å². The van der Waals surface area contributed by atoms with E-state index in [-0.39, 0.29) is 11.6 Å². The van der Waals surface area contributed by atoms with Crippen LogP contribution in [-0.4, -0.2) is 22.0 Å². The fourth-order valence-electron chi connectivity index (χ4n) is 1.46. The second kappa shape index (κ2) is 5.44. The van der Waals surface area contributed by atoms with Crippen LogP contribution in [0.4, 0.5) is 15.8 Å². The molecule has 1 unspecified atom stereocenters. The highest BCUT2D eigenvalue weighted by molar-refractivity contribution is 5.77. The number of halogens is 1. The average Bonchev–Trinajstić information content (AvgIpc) is 2.24. The van der Waals surface area contributed by atoms with E-state index in [1.54, 1.807) is 13.8 Å². The molecule has 1 atom stereocenters. The van der Waals surface area contributed by atoms with Crippen molar-refractivity contribution in [3.63, 3.8) is 0 Å². The number of carboxylic acids is 1. The zero-order valence-electron chi connectivity index (χ0n) is 9.88. The predicted molar refractivity (Wildman–Crippen MR) is 62.9 cm³/mol. The molecule has 0 saturated carbocycles. The van der Waals surface area contributed by atoms with Crippen molar-refractivity contribution in [2.75, 3.05) is 5.32 Å². The maximum absolute atomic E-state index is 13.1. The summed E-state index contributed by atoms with van der Waals surface area (Å²) < 4.78 is 13.1. The van der Waals surface area contributed by atoms with Crippen LogP contribution in [0.2, 0.25) is 0 Å². The number of anilines is 1. The number of nitrogens with one attached hydrogen (secondary N) is 1. The van der Waals surface area contributed by atoms with Crippen LogP contribution in [0, 0.1) is 21.8 Å². The van der Waals surface area contributed by atoms with E-state index in [4.69, 9.17) is 5.11 Å². The number of rotatable bonds is 5. The molecule has 2 N–H and O–H groups in total. The lowest BCUT2D eigenvalue weighted by molar-refractivity contribution is -0.385. The minimum atomic E-state index is -1.10. The molecule has 1 aromatic carbocycles. The molecule has 7 heteroatoms. The summed E-state index contributed by atoms with van der Waals surface area (Å²) in [6.07, 6.45) is 0. The summed E-state index contributed by atoms with van der Waals surface area (Å²) in [6.45, 7) is 3.36. The second-order valence-corrected chi connectivity index (χ2v) is 4.16. The van der Waals surface area contributed by atoms with Crippen molar-refractivity contribution in [1.29, 1.82) is 0 Å². The largest absolute Gasteiger partial charge is 0.480 e. The zero-order chi connectivity index (χ0) is 13.9. The van der Waals surface area contributed by atoms with Crippen LogP contribution in [0.15, 0.2) is 18.2 Å². The van der Waals surface area contributed by atoms with Gasteiger partial charge in [0.1, 0.15) is 11.9 Å². The van der Waals surface area contributed by atoms with Crippen molar-refractivity contribution < 1.29 is 19.2 Å². The van der Waals surface area contributed by atoms with Crippen LogP contribution < -0.4 is 5.32 Å². The third-order valence-corrected chi connectivity index (χ3v) is 2.35. The smallest absolute Gasteiger partial charge is 0.326 e. The van der Waals surface area contributed by atoms with Crippen molar-refractivity contribution in [2.24, 2.45) is 5.92 Å². The summed E-state index contributed by atoms with van der Waals surface area (Å²) in [4.78, 5) is 20.8. The van der Waals surface area contributed by atoms with Crippen molar-refractivity contribution in [1.82, 2.24) is 0 Å². The first-order chi connectivity index (χ1) is 8.31. The van der Waals surface area contributed by atoms with E-state index in [0.29, 0.717) is 0 Å². The van der Waals surface area contributed by atoms with Crippen molar-refractivity contribution >= 4 is 17.3 Å². The highest BCUT2D eigenvalue weighted by Crippen LogP contribution is 2.21. The molecular formula is C11H13FN2O4. The molecule has 0 aliphatic heterocycles. The lowest BCUT2D eigenvalue weighted by Crippen LogP contribution is -2.34. The molecule has 1 aromatic rings. The Labute approximate surface area is 103 Å². The van der Waals surface area contributed by atoms with E-state index in [1.807, 2.05) is 0 Å². The predicted octanol–water partition coefficient (Wildman–Crippen LogP) is 2.25. The zero-order valence-corrected chi connectivity index (χ0v) is 9.88. The molecule has 0 aliphatic carbocycles. The molecule has 0 spiro atoms. The summed E-state index contributed by atoms with van der Waals surface area (Å²) in [7, 11) is 0. The Morgan fingerprint density at radius 2 is 2.06 bits per heavy atom. The van der Waals surface area contributed by atoms with E-state index in [2.05, 4.69) is 5.32 Å². The van der Waals surface area contributed by atoms with Gasteiger partial charge in [-0.25, -0.2) is 9.18 Å². The first-order valence-corrected chi connectivity index (χ1v) is 5.25. The first kappa shape index (κ1) is 13.9. The maximum Gasteiger partial charge on any atom is 0.326 e. The van der Waals surface area contributed by atoms with Gasteiger partial charge in [0, 0.05) is 11.8 Å². The van der Waals surface area contributed by atoms with Gasteiger partial charge >= 0.3 is 5.97 Å². The summed E-state index contributed by atoms with van der Waals surface area (Å²) in [5.74, 6) is -2.14. The number of hydrogen-bond donors (Lipinski definition) is 2. The Bertz CT molecular complexity index is 476. The highest BCUT2D eigenvalue weighted by Gasteiger charge is 2.22. The lowest BCUT2D eigenvalue weighted by Gasteiger charge is -2.18. The van der Waals surface area contributed by atoms with E-state index in [0.717, 1.165) is 18.2 Å². The third kappa shape index (κ3) is 3.41. The summed E-state index contributed by atoms with van der Waals surface area (Å²) in [5, 5.41) is 22.1. The third-order valence-electron chi connectivity index (χ3n) is 2.35. The van der Waals surface area contributed by atoms with E-state index in [1.165, 1.54) is 0 Å². The van der Waals surface area contributed by atoms with Gasteiger partial charge in [0.25, 0.3) is 5.69 Å². The van der Waals surface area contributed by atoms with Gasteiger partial charge in [-0.05, 0) is 12.0 Å². The Hall–Kier alpha value is -2.18. The van der Waals surface area contributed by atoms with Gasteiger partial charge in [-0.15, -0.1) is 0 Å².